The van der Waals surface area contributed by atoms with Crippen LogP contribution < -0.4 is 9.47 Å². The molecule has 0 atom stereocenters. The van der Waals surface area contributed by atoms with E-state index in [4.69, 9.17) is 9.47 Å². The predicted molar refractivity (Wildman–Crippen MR) is 69.6 cm³/mol. The summed E-state index contributed by atoms with van der Waals surface area (Å²) >= 11 is 1.59. The van der Waals surface area contributed by atoms with E-state index in [0.717, 1.165) is 16.2 Å². The van der Waals surface area contributed by atoms with Crippen LogP contribution in [-0.4, -0.2) is 18.4 Å². The molecular weight excluding hydrogens is 250 g/mol. The Bertz CT molecular complexity index is 551. The fourth-order valence-corrected chi connectivity index (χ4v) is 2.18. The first-order valence-electron chi connectivity index (χ1n) is 5.40. The summed E-state index contributed by atoms with van der Waals surface area (Å²) in [5, 5.41) is 0.911. The third-order valence-electron chi connectivity index (χ3n) is 2.34. The van der Waals surface area contributed by atoms with E-state index < -0.39 is 0 Å². The minimum absolute atomic E-state index is 0.398. The Morgan fingerprint density at radius 2 is 2.22 bits per heavy atom. The van der Waals surface area contributed by atoms with Gasteiger partial charge in [0.05, 0.1) is 7.11 Å². The zero-order chi connectivity index (χ0) is 13.0. The van der Waals surface area contributed by atoms with Gasteiger partial charge in [0.1, 0.15) is 17.9 Å². The Morgan fingerprint density at radius 3 is 2.83 bits per heavy atom. The summed E-state index contributed by atoms with van der Waals surface area (Å²) in [5.74, 6) is 1.16. The van der Waals surface area contributed by atoms with Crippen molar-refractivity contribution in [3.8, 4) is 11.5 Å². The molecule has 0 saturated heterocycles. The molecule has 0 aliphatic heterocycles. The quantitative estimate of drug-likeness (QED) is 0.778. The summed E-state index contributed by atoms with van der Waals surface area (Å²) in [6.07, 6.45) is 2.59. The van der Waals surface area contributed by atoms with Crippen LogP contribution in [0.1, 0.15) is 20.2 Å². The number of hydrogen-bond acceptors (Lipinski definition) is 5. The van der Waals surface area contributed by atoms with Gasteiger partial charge in [-0.15, -0.1) is 11.3 Å². The number of benzene rings is 1. The molecule has 0 bridgehead atoms. The second-order valence-corrected chi connectivity index (χ2v) is 5.00. The SMILES string of the molecule is COc1cc(C=O)ccc1OCc1ncc(C)s1. The highest BCUT2D eigenvalue weighted by Crippen LogP contribution is 2.28. The Morgan fingerprint density at radius 1 is 1.39 bits per heavy atom. The number of methoxy groups -OCH3 is 1. The molecule has 0 fully saturated rings. The van der Waals surface area contributed by atoms with E-state index in [1.54, 1.807) is 36.6 Å². The molecule has 2 aromatic rings. The summed E-state index contributed by atoms with van der Waals surface area (Å²) in [6.45, 7) is 2.40. The minimum atomic E-state index is 0.398. The number of carbonyl (C=O) groups excluding carboxylic acids is 1. The van der Waals surface area contributed by atoms with Gasteiger partial charge in [0, 0.05) is 16.6 Å². The third-order valence-corrected chi connectivity index (χ3v) is 3.23. The molecule has 1 aromatic heterocycles. The summed E-state index contributed by atoms with van der Waals surface area (Å²) < 4.78 is 10.8. The summed E-state index contributed by atoms with van der Waals surface area (Å²) in [6, 6.07) is 5.07. The molecule has 1 heterocycles. The van der Waals surface area contributed by atoms with E-state index in [2.05, 4.69) is 4.98 Å². The highest BCUT2D eigenvalue weighted by molar-refractivity contribution is 7.11. The zero-order valence-corrected chi connectivity index (χ0v) is 11.0. The van der Waals surface area contributed by atoms with Crippen LogP contribution in [-0.2, 0) is 6.61 Å². The molecule has 2 rings (SSSR count). The van der Waals surface area contributed by atoms with Crippen LogP contribution in [0.2, 0.25) is 0 Å². The van der Waals surface area contributed by atoms with Crippen molar-refractivity contribution in [3.63, 3.8) is 0 Å². The lowest BCUT2D eigenvalue weighted by molar-refractivity contribution is 0.112. The van der Waals surface area contributed by atoms with Crippen LogP contribution in [0.3, 0.4) is 0 Å². The molecule has 0 radical (unpaired) electrons. The van der Waals surface area contributed by atoms with Gasteiger partial charge in [-0.05, 0) is 25.1 Å². The van der Waals surface area contributed by atoms with E-state index in [1.165, 1.54) is 0 Å². The molecule has 0 unspecified atom stereocenters. The molecule has 0 saturated carbocycles. The van der Waals surface area contributed by atoms with Gasteiger partial charge in [-0.1, -0.05) is 0 Å². The number of rotatable bonds is 5. The average Bonchev–Trinajstić information content (AvgIpc) is 2.82. The maximum absolute atomic E-state index is 10.7. The lowest BCUT2D eigenvalue weighted by Crippen LogP contribution is -1.97. The molecule has 0 aliphatic rings. The Balaban J connectivity index is 2.11. The molecule has 0 amide bonds. The van der Waals surface area contributed by atoms with E-state index in [0.29, 0.717) is 23.7 Å². The number of thiazole rings is 1. The van der Waals surface area contributed by atoms with E-state index >= 15 is 0 Å². The number of aldehydes is 1. The van der Waals surface area contributed by atoms with Crippen LogP contribution >= 0.6 is 11.3 Å². The molecule has 0 N–H and O–H groups in total. The number of aryl methyl sites for hydroxylation is 1. The minimum Gasteiger partial charge on any atom is -0.493 e. The van der Waals surface area contributed by atoms with Crippen LogP contribution in [0.5, 0.6) is 11.5 Å². The molecular formula is C13H13NO3S. The van der Waals surface area contributed by atoms with Crippen molar-refractivity contribution in [2.45, 2.75) is 13.5 Å². The topological polar surface area (TPSA) is 48.4 Å². The van der Waals surface area contributed by atoms with E-state index in [1.807, 2.05) is 13.1 Å². The van der Waals surface area contributed by atoms with Gasteiger partial charge in [0.2, 0.25) is 0 Å². The highest BCUT2D eigenvalue weighted by atomic mass is 32.1. The normalized spacial score (nSPS) is 10.1. The molecule has 18 heavy (non-hydrogen) atoms. The summed E-state index contributed by atoms with van der Waals surface area (Å²) in [5.41, 5.74) is 0.560. The second kappa shape index (κ2) is 5.64. The van der Waals surface area contributed by atoms with Gasteiger partial charge < -0.3 is 9.47 Å². The van der Waals surface area contributed by atoms with Crippen molar-refractivity contribution in [1.82, 2.24) is 4.98 Å². The van der Waals surface area contributed by atoms with Crippen molar-refractivity contribution >= 4 is 17.6 Å². The van der Waals surface area contributed by atoms with Gasteiger partial charge in [0.15, 0.2) is 11.5 Å². The maximum atomic E-state index is 10.7. The Hall–Kier alpha value is -1.88. The fourth-order valence-electron chi connectivity index (χ4n) is 1.48. The summed E-state index contributed by atoms with van der Waals surface area (Å²) in [7, 11) is 1.55. The molecule has 0 spiro atoms. The van der Waals surface area contributed by atoms with Gasteiger partial charge in [0.25, 0.3) is 0 Å². The van der Waals surface area contributed by atoms with Gasteiger partial charge in [-0.2, -0.15) is 0 Å². The lowest BCUT2D eigenvalue weighted by Gasteiger charge is -2.09. The molecule has 1 aromatic carbocycles. The molecule has 94 valence electrons. The monoisotopic (exact) mass is 263 g/mol. The predicted octanol–water partition coefficient (Wildman–Crippen LogP) is 2.85. The van der Waals surface area contributed by atoms with Crippen molar-refractivity contribution in [2.24, 2.45) is 0 Å². The Kier molecular flexibility index (Phi) is 3.94. The van der Waals surface area contributed by atoms with Gasteiger partial charge in [-0.25, -0.2) is 4.98 Å². The summed E-state index contributed by atoms with van der Waals surface area (Å²) in [4.78, 5) is 16.0. The first-order valence-corrected chi connectivity index (χ1v) is 6.22. The van der Waals surface area contributed by atoms with Crippen molar-refractivity contribution in [2.75, 3.05) is 7.11 Å². The van der Waals surface area contributed by atoms with Gasteiger partial charge >= 0.3 is 0 Å². The first kappa shape index (κ1) is 12.6. The van der Waals surface area contributed by atoms with Crippen LogP contribution in [0.25, 0.3) is 0 Å². The van der Waals surface area contributed by atoms with E-state index in [9.17, 15) is 4.79 Å². The molecule has 0 aliphatic carbocycles. The average molecular weight is 263 g/mol. The van der Waals surface area contributed by atoms with Crippen LogP contribution in [0, 0.1) is 6.92 Å². The molecule has 4 nitrogen and oxygen atoms in total. The van der Waals surface area contributed by atoms with Crippen LogP contribution in [0.4, 0.5) is 0 Å². The van der Waals surface area contributed by atoms with Crippen molar-refractivity contribution in [1.29, 1.82) is 0 Å². The number of carbonyl (C=O) groups is 1. The number of nitrogens with zero attached hydrogens (tertiary/aromatic N) is 1. The van der Waals surface area contributed by atoms with Crippen molar-refractivity contribution in [3.05, 3.63) is 39.8 Å². The standard InChI is InChI=1S/C13H13NO3S/c1-9-6-14-13(18-9)8-17-11-4-3-10(7-15)5-12(11)16-2/h3-7H,8H2,1-2H3. The zero-order valence-electron chi connectivity index (χ0n) is 10.2. The van der Waals surface area contributed by atoms with Gasteiger partial charge in [-0.3, -0.25) is 4.79 Å². The smallest absolute Gasteiger partial charge is 0.161 e. The molecule has 5 heteroatoms. The van der Waals surface area contributed by atoms with E-state index in [-0.39, 0.29) is 0 Å². The second-order valence-electron chi connectivity index (χ2n) is 3.68. The number of ether oxygens (including phenoxy) is 2. The van der Waals surface area contributed by atoms with Crippen LogP contribution in [0.15, 0.2) is 24.4 Å². The number of aromatic nitrogens is 1. The fraction of sp³-hybridized carbons (Fsp3) is 0.231. The third kappa shape index (κ3) is 2.87. The largest absolute Gasteiger partial charge is 0.493 e. The maximum Gasteiger partial charge on any atom is 0.161 e. The lowest BCUT2D eigenvalue weighted by atomic mass is 10.2. The highest BCUT2D eigenvalue weighted by Gasteiger charge is 2.07. The van der Waals surface area contributed by atoms with Crippen molar-refractivity contribution < 1.29 is 14.3 Å². The first-order chi connectivity index (χ1) is 8.72. The number of hydrogen-bond donors (Lipinski definition) is 0. The Labute approximate surface area is 109 Å².